The lowest BCUT2D eigenvalue weighted by Crippen LogP contribution is -2.36. The third-order valence-electron chi connectivity index (χ3n) is 6.42. The number of piperidine rings is 1. The van der Waals surface area contributed by atoms with Crippen LogP contribution in [0.5, 0.6) is 0 Å². The maximum atomic E-state index is 13.5. The summed E-state index contributed by atoms with van der Waals surface area (Å²) >= 11 is 1.67. The summed E-state index contributed by atoms with van der Waals surface area (Å²) in [5, 5.41) is 0. The lowest BCUT2D eigenvalue weighted by atomic mass is 9.83. The summed E-state index contributed by atoms with van der Waals surface area (Å²) in [6, 6.07) is 5.19. The Balaban J connectivity index is 1.30. The average molecular weight is 475 g/mol. The van der Waals surface area contributed by atoms with Gasteiger partial charge in [-0.15, -0.1) is 0 Å². The fourth-order valence-electron chi connectivity index (χ4n) is 4.74. The van der Waals surface area contributed by atoms with Crippen molar-refractivity contribution in [3.05, 3.63) is 34.1 Å². The highest BCUT2D eigenvalue weighted by atomic mass is 79.9. The van der Waals surface area contributed by atoms with Gasteiger partial charge >= 0.3 is 0 Å². The summed E-state index contributed by atoms with van der Waals surface area (Å²) in [6.07, 6.45) is 10.2. The van der Waals surface area contributed by atoms with Gasteiger partial charge in [-0.1, -0.05) is 15.9 Å². The molecule has 1 aromatic rings. The molecular weight excluding hydrogens is 443 g/mol. The van der Waals surface area contributed by atoms with Crippen LogP contribution < -0.4 is 4.72 Å². The Hall–Kier alpha value is -0.340. The van der Waals surface area contributed by atoms with Gasteiger partial charge in [0.25, 0.3) is 0 Å². The molecule has 2 aliphatic rings. The predicted molar refractivity (Wildman–Crippen MR) is 116 cm³/mol. The minimum Gasteiger partial charge on any atom is -0.303 e. The van der Waals surface area contributed by atoms with Gasteiger partial charge in [0, 0.05) is 10.5 Å². The quantitative estimate of drug-likeness (QED) is 0.526. The molecule has 0 bridgehead atoms. The van der Waals surface area contributed by atoms with Crippen LogP contribution in [0, 0.1) is 17.7 Å². The van der Waals surface area contributed by atoms with Gasteiger partial charge in [0.05, 0.1) is 0 Å². The number of rotatable bonds is 8. The van der Waals surface area contributed by atoms with Gasteiger partial charge in [0.2, 0.25) is 11.3 Å². The molecule has 1 atom stereocenters. The maximum absolute atomic E-state index is 13.5. The van der Waals surface area contributed by atoms with Crippen molar-refractivity contribution in [2.75, 3.05) is 19.6 Å². The normalized spacial score (nSPS) is 25.7. The molecule has 0 radical (unpaired) electrons. The number of benzene rings is 1. The van der Waals surface area contributed by atoms with Crippen molar-refractivity contribution in [3.63, 3.8) is 0 Å². The minimum atomic E-state index is -1.88. The van der Waals surface area contributed by atoms with Crippen LogP contribution in [0.3, 0.4) is 0 Å². The molecule has 0 amide bonds. The number of hydrogen-bond acceptors (Lipinski definition) is 2. The average Bonchev–Trinajstić information content (AvgIpc) is 2.67. The van der Waals surface area contributed by atoms with Gasteiger partial charge in [-0.05, 0) is 113 Å². The van der Waals surface area contributed by atoms with E-state index < -0.39 is 11.3 Å². The minimum absolute atomic E-state index is 0.148. The largest absolute Gasteiger partial charge is 0.303 e. The molecule has 1 saturated carbocycles. The topological polar surface area (TPSA) is 52.6 Å². The third-order valence-corrected chi connectivity index (χ3v) is 7.73. The first-order chi connectivity index (χ1) is 13.5. The van der Waals surface area contributed by atoms with E-state index in [0.717, 1.165) is 48.3 Å². The lowest BCUT2D eigenvalue weighted by Gasteiger charge is -2.33. The molecule has 1 saturated heterocycles. The van der Waals surface area contributed by atoms with Crippen molar-refractivity contribution in [2.24, 2.45) is 11.8 Å². The maximum Gasteiger partial charge on any atom is 0.231 e. The molecule has 1 unspecified atom stereocenters. The zero-order valence-corrected chi connectivity index (χ0v) is 18.8. The molecule has 2 fully saturated rings. The molecule has 0 aromatic heterocycles. The van der Waals surface area contributed by atoms with E-state index in [0.29, 0.717) is 5.92 Å². The summed E-state index contributed by atoms with van der Waals surface area (Å²) in [7, 11) is 0. The van der Waals surface area contributed by atoms with Crippen LogP contribution in [0.4, 0.5) is 4.39 Å². The molecule has 0 spiro atoms. The highest BCUT2D eigenvalue weighted by Crippen LogP contribution is 2.29. The van der Waals surface area contributed by atoms with Crippen LogP contribution in [-0.4, -0.2) is 39.3 Å². The molecule has 1 heterocycles. The van der Waals surface area contributed by atoms with Crippen molar-refractivity contribution in [1.29, 1.82) is 0 Å². The molecule has 1 aromatic carbocycles. The Morgan fingerprint density at radius 1 is 1.14 bits per heavy atom. The monoisotopic (exact) mass is 474 g/mol. The van der Waals surface area contributed by atoms with Gasteiger partial charge in [-0.25, -0.2) is 13.3 Å². The molecule has 1 aliphatic heterocycles. The highest BCUT2D eigenvalue weighted by Gasteiger charge is 2.23. The molecule has 1 aliphatic carbocycles. The van der Waals surface area contributed by atoms with Crippen LogP contribution in [-0.2, 0) is 17.7 Å². The predicted octanol–water partition coefficient (Wildman–Crippen LogP) is 4.91. The van der Waals surface area contributed by atoms with E-state index in [9.17, 15) is 8.60 Å². The second-order valence-corrected chi connectivity index (χ2v) is 10.0. The van der Waals surface area contributed by atoms with E-state index >= 15 is 0 Å². The van der Waals surface area contributed by atoms with Gasteiger partial charge in [-0.3, -0.25) is 4.55 Å². The van der Waals surface area contributed by atoms with E-state index in [1.807, 2.05) is 6.07 Å². The first-order valence-electron chi connectivity index (χ1n) is 10.5. The number of hydrogen-bond donors (Lipinski definition) is 2. The molecule has 4 nitrogen and oxygen atoms in total. The summed E-state index contributed by atoms with van der Waals surface area (Å²) < 4.78 is 37.0. The first kappa shape index (κ1) is 22.3. The lowest BCUT2D eigenvalue weighted by molar-refractivity contribution is 0.175. The molecule has 2 N–H and O–H groups in total. The van der Waals surface area contributed by atoms with E-state index in [4.69, 9.17) is 4.55 Å². The van der Waals surface area contributed by atoms with Crippen LogP contribution in [0.15, 0.2) is 22.7 Å². The highest BCUT2D eigenvalue weighted by molar-refractivity contribution is 9.10. The summed E-state index contributed by atoms with van der Waals surface area (Å²) in [5.41, 5.74) is 1.09. The summed E-state index contributed by atoms with van der Waals surface area (Å²) in [6.45, 7) is 3.47. The summed E-state index contributed by atoms with van der Waals surface area (Å²) in [5.74, 6) is 1.27. The smallest absolute Gasteiger partial charge is 0.231 e. The Morgan fingerprint density at radius 3 is 2.54 bits per heavy atom. The van der Waals surface area contributed by atoms with E-state index in [1.54, 1.807) is 6.07 Å². The second kappa shape index (κ2) is 11.2. The van der Waals surface area contributed by atoms with Crippen molar-refractivity contribution in [3.8, 4) is 0 Å². The number of likely N-dealkylation sites (tertiary alicyclic amines) is 1. The van der Waals surface area contributed by atoms with Crippen molar-refractivity contribution >= 4 is 27.2 Å². The van der Waals surface area contributed by atoms with Gasteiger partial charge in [-0.2, -0.15) is 0 Å². The fraction of sp³-hybridized carbons (Fsp3) is 0.714. The fourth-order valence-corrected chi connectivity index (χ4v) is 5.67. The van der Waals surface area contributed by atoms with Crippen molar-refractivity contribution < 1.29 is 13.2 Å². The molecule has 7 heteroatoms. The van der Waals surface area contributed by atoms with Gasteiger partial charge in [0.15, 0.2) is 0 Å². The third kappa shape index (κ3) is 7.17. The van der Waals surface area contributed by atoms with Crippen LogP contribution in [0.25, 0.3) is 0 Å². The zero-order chi connectivity index (χ0) is 19.9. The molecule has 28 heavy (non-hydrogen) atoms. The SMILES string of the molecule is O=S(O)NC1CCC(CCCN2CCC(Cc3cc(F)ccc3Br)CC2)CC1. The van der Waals surface area contributed by atoms with E-state index in [-0.39, 0.29) is 11.9 Å². The second-order valence-electron chi connectivity index (χ2n) is 8.45. The van der Waals surface area contributed by atoms with E-state index in [1.165, 1.54) is 51.1 Å². The molecule has 3 rings (SSSR count). The Labute approximate surface area is 179 Å². The Morgan fingerprint density at radius 2 is 1.86 bits per heavy atom. The van der Waals surface area contributed by atoms with Crippen molar-refractivity contribution in [1.82, 2.24) is 9.62 Å². The first-order valence-corrected chi connectivity index (χ1v) is 12.4. The Kier molecular flexibility index (Phi) is 8.91. The molecule has 158 valence electrons. The summed E-state index contributed by atoms with van der Waals surface area (Å²) in [4.78, 5) is 2.58. The number of halogens is 2. The van der Waals surface area contributed by atoms with Crippen LogP contribution in [0.2, 0.25) is 0 Å². The zero-order valence-electron chi connectivity index (χ0n) is 16.4. The van der Waals surface area contributed by atoms with Crippen LogP contribution in [0.1, 0.15) is 56.9 Å². The van der Waals surface area contributed by atoms with Gasteiger partial charge < -0.3 is 4.90 Å². The standard InChI is InChI=1S/C21H32BrFN2O2S/c22-21-8-5-19(23)15-18(21)14-17-9-12-25(13-10-17)11-1-2-16-3-6-20(7-4-16)24-28(26)27/h5,8,15-17,20,24H,1-4,6-7,9-14H2,(H,26,27). The van der Waals surface area contributed by atoms with Crippen molar-refractivity contribution in [2.45, 2.75) is 63.8 Å². The number of nitrogens with zero attached hydrogens (tertiary/aromatic N) is 1. The number of nitrogens with one attached hydrogen (secondary N) is 1. The van der Waals surface area contributed by atoms with Gasteiger partial charge in [0.1, 0.15) is 5.82 Å². The van der Waals surface area contributed by atoms with Crippen LogP contribution >= 0.6 is 15.9 Å². The molecular formula is C21H32BrFN2O2S. The van der Waals surface area contributed by atoms with E-state index in [2.05, 4.69) is 25.6 Å². The Bertz CT molecular complexity index is 647.